The molecule has 1 aromatic rings. The van der Waals surface area contributed by atoms with Gasteiger partial charge < -0.3 is 10.1 Å². The lowest BCUT2D eigenvalue weighted by molar-refractivity contribution is 0.272. The third-order valence-corrected chi connectivity index (χ3v) is 2.65. The van der Waals surface area contributed by atoms with E-state index in [-0.39, 0.29) is 10.8 Å². The Bertz CT molecular complexity index is 364. The summed E-state index contributed by atoms with van der Waals surface area (Å²) in [5.41, 5.74) is 0.144. The van der Waals surface area contributed by atoms with Crippen LogP contribution >= 0.6 is 11.6 Å². The molecular weight excluding hydrogens is 190 g/mol. The van der Waals surface area contributed by atoms with Crippen molar-refractivity contribution >= 4 is 17.4 Å². The molecule has 4 nitrogen and oxygen atoms in total. The fourth-order valence-electron chi connectivity index (χ4n) is 1.47. The van der Waals surface area contributed by atoms with E-state index in [1.807, 2.05) is 0 Å². The standard InChI is InChI=1S/C8H8ClN3O/c9-7-10-3-5-6(11-7)12-8(1-2-8)4-13-5/h3H,1-2,4H2,(H,10,11,12). The fourth-order valence-corrected chi connectivity index (χ4v) is 1.60. The molecule has 0 unspecified atom stereocenters. The van der Waals surface area contributed by atoms with Crippen molar-refractivity contribution in [3.63, 3.8) is 0 Å². The molecule has 5 heteroatoms. The smallest absolute Gasteiger partial charge is 0.224 e. The van der Waals surface area contributed by atoms with E-state index in [1.54, 1.807) is 6.20 Å². The molecule has 2 heterocycles. The monoisotopic (exact) mass is 197 g/mol. The van der Waals surface area contributed by atoms with E-state index in [0.717, 1.165) is 18.7 Å². The van der Waals surface area contributed by atoms with Crippen molar-refractivity contribution in [3.05, 3.63) is 11.5 Å². The zero-order valence-corrected chi connectivity index (χ0v) is 7.64. The molecule has 2 aliphatic rings. The predicted molar refractivity (Wildman–Crippen MR) is 48.1 cm³/mol. The minimum atomic E-state index is 0.144. The molecule has 1 aliphatic heterocycles. The second-order valence-electron chi connectivity index (χ2n) is 3.55. The molecule has 1 N–H and O–H groups in total. The molecule has 3 rings (SSSR count). The van der Waals surface area contributed by atoms with E-state index in [2.05, 4.69) is 15.3 Å². The molecule has 1 fully saturated rings. The fraction of sp³-hybridized carbons (Fsp3) is 0.500. The first-order chi connectivity index (χ1) is 6.27. The van der Waals surface area contributed by atoms with Gasteiger partial charge in [0.05, 0.1) is 11.7 Å². The predicted octanol–water partition coefficient (Wildman–Crippen LogP) is 1.47. The lowest BCUT2D eigenvalue weighted by atomic mass is 10.2. The molecule has 0 aromatic carbocycles. The second kappa shape index (κ2) is 2.26. The highest BCUT2D eigenvalue weighted by Crippen LogP contribution is 2.44. The molecule has 0 radical (unpaired) electrons. The summed E-state index contributed by atoms with van der Waals surface area (Å²) in [7, 11) is 0. The van der Waals surface area contributed by atoms with Crippen LogP contribution in [-0.2, 0) is 0 Å². The maximum atomic E-state index is 5.67. The van der Waals surface area contributed by atoms with Crippen molar-refractivity contribution in [2.75, 3.05) is 11.9 Å². The van der Waals surface area contributed by atoms with Gasteiger partial charge in [0.2, 0.25) is 5.28 Å². The molecule has 68 valence electrons. The molecular formula is C8H8ClN3O. The van der Waals surface area contributed by atoms with Gasteiger partial charge in [0, 0.05) is 0 Å². The van der Waals surface area contributed by atoms with Crippen molar-refractivity contribution in [1.29, 1.82) is 0 Å². The Morgan fingerprint density at radius 2 is 2.38 bits per heavy atom. The van der Waals surface area contributed by atoms with Gasteiger partial charge in [0.25, 0.3) is 0 Å². The number of nitrogens with one attached hydrogen (secondary N) is 1. The van der Waals surface area contributed by atoms with Crippen LogP contribution in [0.1, 0.15) is 12.8 Å². The first-order valence-electron chi connectivity index (χ1n) is 4.21. The largest absolute Gasteiger partial charge is 0.486 e. The number of rotatable bonds is 0. The summed E-state index contributed by atoms with van der Waals surface area (Å²) in [5.74, 6) is 1.42. The number of aromatic nitrogens is 2. The lowest BCUT2D eigenvalue weighted by Gasteiger charge is -2.25. The van der Waals surface area contributed by atoms with Crippen LogP contribution in [0.3, 0.4) is 0 Å². The number of halogens is 1. The Kier molecular flexibility index (Phi) is 1.28. The summed E-state index contributed by atoms with van der Waals surface area (Å²) in [6.07, 6.45) is 3.90. The number of hydrogen-bond donors (Lipinski definition) is 1. The maximum Gasteiger partial charge on any atom is 0.224 e. The van der Waals surface area contributed by atoms with E-state index < -0.39 is 0 Å². The van der Waals surface area contributed by atoms with Crippen LogP contribution in [-0.4, -0.2) is 22.1 Å². The SMILES string of the molecule is Clc1ncc2c(n1)NC1(CC1)CO2. The van der Waals surface area contributed by atoms with Crippen molar-refractivity contribution in [2.45, 2.75) is 18.4 Å². The molecule has 1 saturated carbocycles. The molecule has 1 spiro atoms. The maximum absolute atomic E-state index is 5.67. The molecule has 1 aliphatic carbocycles. The van der Waals surface area contributed by atoms with Gasteiger partial charge in [-0.25, -0.2) is 4.98 Å². The Hall–Kier alpha value is -1.03. The number of nitrogens with zero attached hydrogens (tertiary/aromatic N) is 2. The summed E-state index contributed by atoms with van der Waals surface area (Å²) in [5, 5.41) is 3.58. The van der Waals surface area contributed by atoms with E-state index in [9.17, 15) is 0 Å². The highest BCUT2D eigenvalue weighted by molar-refractivity contribution is 6.28. The van der Waals surface area contributed by atoms with Gasteiger partial charge in [-0.15, -0.1) is 0 Å². The molecule has 0 bridgehead atoms. The average Bonchev–Trinajstić information content (AvgIpc) is 2.84. The van der Waals surface area contributed by atoms with E-state index in [1.165, 1.54) is 0 Å². The quantitative estimate of drug-likeness (QED) is 0.640. The second-order valence-corrected chi connectivity index (χ2v) is 3.88. The average molecular weight is 198 g/mol. The minimum Gasteiger partial charge on any atom is -0.486 e. The van der Waals surface area contributed by atoms with Crippen LogP contribution in [0.2, 0.25) is 5.28 Å². The zero-order valence-electron chi connectivity index (χ0n) is 6.88. The van der Waals surface area contributed by atoms with Crippen LogP contribution in [0.25, 0.3) is 0 Å². The van der Waals surface area contributed by atoms with E-state index >= 15 is 0 Å². The molecule has 0 saturated heterocycles. The van der Waals surface area contributed by atoms with Crippen molar-refractivity contribution in [2.24, 2.45) is 0 Å². The van der Waals surface area contributed by atoms with Crippen LogP contribution in [0.4, 0.5) is 5.82 Å². The van der Waals surface area contributed by atoms with Gasteiger partial charge in [0.15, 0.2) is 11.6 Å². The third kappa shape index (κ3) is 1.13. The molecule has 0 atom stereocenters. The van der Waals surface area contributed by atoms with Crippen LogP contribution in [0.5, 0.6) is 5.75 Å². The number of hydrogen-bond acceptors (Lipinski definition) is 4. The first-order valence-corrected chi connectivity index (χ1v) is 4.59. The Balaban J connectivity index is 2.02. The van der Waals surface area contributed by atoms with Gasteiger partial charge in [-0.1, -0.05) is 0 Å². The summed E-state index contributed by atoms with van der Waals surface area (Å²) >= 11 is 5.67. The Labute approximate surface area is 80.3 Å². The summed E-state index contributed by atoms with van der Waals surface area (Å²) < 4.78 is 5.51. The van der Waals surface area contributed by atoms with Gasteiger partial charge in [-0.3, -0.25) is 0 Å². The number of fused-ring (bicyclic) bond motifs is 1. The van der Waals surface area contributed by atoms with Gasteiger partial charge in [-0.2, -0.15) is 4.98 Å². The third-order valence-electron chi connectivity index (χ3n) is 2.47. The number of ether oxygens (including phenoxy) is 1. The van der Waals surface area contributed by atoms with Gasteiger partial charge >= 0.3 is 0 Å². The Morgan fingerprint density at radius 3 is 3.15 bits per heavy atom. The normalized spacial score (nSPS) is 21.6. The van der Waals surface area contributed by atoms with E-state index in [0.29, 0.717) is 12.4 Å². The van der Waals surface area contributed by atoms with Crippen molar-refractivity contribution < 1.29 is 4.74 Å². The lowest BCUT2D eigenvalue weighted by Crippen LogP contribution is -2.34. The molecule has 13 heavy (non-hydrogen) atoms. The topological polar surface area (TPSA) is 47.0 Å². The summed E-state index contributed by atoms with van der Waals surface area (Å²) in [6, 6.07) is 0. The minimum absolute atomic E-state index is 0.144. The van der Waals surface area contributed by atoms with E-state index in [4.69, 9.17) is 16.3 Å². The highest BCUT2D eigenvalue weighted by atomic mass is 35.5. The summed E-state index contributed by atoms with van der Waals surface area (Å²) in [4.78, 5) is 7.92. The van der Waals surface area contributed by atoms with Gasteiger partial charge in [0.1, 0.15) is 6.61 Å². The first kappa shape index (κ1) is 7.38. The number of anilines is 1. The highest BCUT2D eigenvalue weighted by Gasteiger charge is 2.46. The zero-order chi connectivity index (χ0) is 8.89. The van der Waals surface area contributed by atoms with Gasteiger partial charge in [-0.05, 0) is 24.4 Å². The molecule has 0 amide bonds. The summed E-state index contributed by atoms with van der Waals surface area (Å²) in [6.45, 7) is 0.713. The van der Waals surface area contributed by atoms with Crippen LogP contribution in [0, 0.1) is 0 Å². The van der Waals surface area contributed by atoms with Crippen molar-refractivity contribution in [3.8, 4) is 5.75 Å². The van der Waals surface area contributed by atoms with Crippen molar-refractivity contribution in [1.82, 2.24) is 9.97 Å². The molecule has 1 aromatic heterocycles. The van der Waals surface area contributed by atoms with Crippen LogP contribution in [0.15, 0.2) is 6.20 Å². The van der Waals surface area contributed by atoms with Crippen LogP contribution < -0.4 is 10.1 Å². The Morgan fingerprint density at radius 1 is 1.54 bits per heavy atom.